The van der Waals surface area contributed by atoms with Crippen LogP contribution in [0.4, 0.5) is 5.69 Å². The standard InChI is InChI=1S/C11H12IN3O4/c1-11(2,10(13)17)14-9(16)7-5-6(15(18)19)3-4-8(7)12/h3-5H,1-2H3,(H2,13,17)(H,14,16). The summed E-state index contributed by atoms with van der Waals surface area (Å²) in [6, 6.07) is 3.93. The number of carbonyl (C=O) groups excluding carboxylic acids is 2. The van der Waals surface area contributed by atoms with Crippen LogP contribution in [-0.4, -0.2) is 22.3 Å². The molecule has 102 valence electrons. The Kier molecular flexibility index (Phi) is 4.45. The third-order valence-corrected chi connectivity index (χ3v) is 3.39. The molecule has 0 unspecified atom stereocenters. The first-order valence-corrected chi connectivity index (χ1v) is 6.29. The SMILES string of the molecule is CC(C)(NC(=O)c1cc([N+](=O)[O-])ccc1I)C(N)=O. The number of primary amides is 1. The fourth-order valence-corrected chi connectivity index (χ4v) is 1.79. The second-order valence-electron chi connectivity index (χ2n) is 4.36. The molecule has 8 heteroatoms. The maximum Gasteiger partial charge on any atom is 0.270 e. The number of benzene rings is 1. The molecule has 0 fully saturated rings. The van der Waals surface area contributed by atoms with E-state index in [0.29, 0.717) is 3.57 Å². The van der Waals surface area contributed by atoms with Crippen LogP contribution in [-0.2, 0) is 4.79 Å². The van der Waals surface area contributed by atoms with Gasteiger partial charge in [0.1, 0.15) is 5.54 Å². The second-order valence-corrected chi connectivity index (χ2v) is 5.53. The van der Waals surface area contributed by atoms with Gasteiger partial charge in [0, 0.05) is 15.7 Å². The molecule has 0 radical (unpaired) electrons. The van der Waals surface area contributed by atoms with Gasteiger partial charge in [0.25, 0.3) is 11.6 Å². The fraction of sp³-hybridized carbons (Fsp3) is 0.273. The lowest BCUT2D eigenvalue weighted by Gasteiger charge is -2.22. The Labute approximate surface area is 122 Å². The van der Waals surface area contributed by atoms with Crippen molar-refractivity contribution in [2.75, 3.05) is 0 Å². The predicted molar refractivity (Wildman–Crippen MR) is 76.6 cm³/mol. The van der Waals surface area contributed by atoms with E-state index in [1.165, 1.54) is 26.0 Å². The highest BCUT2D eigenvalue weighted by Gasteiger charge is 2.28. The van der Waals surface area contributed by atoms with Gasteiger partial charge in [-0.2, -0.15) is 0 Å². The fourth-order valence-electron chi connectivity index (χ4n) is 1.21. The van der Waals surface area contributed by atoms with Gasteiger partial charge in [-0.05, 0) is 42.5 Å². The van der Waals surface area contributed by atoms with E-state index in [9.17, 15) is 19.7 Å². The molecule has 0 heterocycles. The molecule has 0 aromatic heterocycles. The van der Waals surface area contributed by atoms with Crippen molar-refractivity contribution in [2.24, 2.45) is 5.73 Å². The van der Waals surface area contributed by atoms with Crippen molar-refractivity contribution in [3.05, 3.63) is 37.4 Å². The lowest BCUT2D eigenvalue weighted by atomic mass is 10.0. The van der Waals surface area contributed by atoms with Gasteiger partial charge >= 0.3 is 0 Å². The minimum absolute atomic E-state index is 0.129. The number of halogens is 1. The smallest absolute Gasteiger partial charge is 0.270 e. The van der Waals surface area contributed by atoms with Gasteiger partial charge in [0.2, 0.25) is 5.91 Å². The third kappa shape index (κ3) is 3.63. The zero-order valence-corrected chi connectivity index (χ0v) is 12.4. The number of carbonyl (C=O) groups is 2. The van der Waals surface area contributed by atoms with Crippen molar-refractivity contribution in [1.29, 1.82) is 0 Å². The summed E-state index contributed by atoms with van der Waals surface area (Å²) in [5.41, 5.74) is 3.85. The van der Waals surface area contributed by atoms with Crippen molar-refractivity contribution >= 4 is 40.1 Å². The summed E-state index contributed by atoms with van der Waals surface area (Å²) >= 11 is 1.88. The van der Waals surface area contributed by atoms with Crippen molar-refractivity contribution < 1.29 is 14.5 Å². The number of nitrogens with zero attached hydrogens (tertiary/aromatic N) is 1. The highest BCUT2D eigenvalue weighted by atomic mass is 127. The first-order chi connectivity index (χ1) is 8.65. The Morgan fingerprint density at radius 2 is 2.00 bits per heavy atom. The molecule has 0 saturated heterocycles. The van der Waals surface area contributed by atoms with Gasteiger partial charge < -0.3 is 11.1 Å². The second kappa shape index (κ2) is 5.51. The van der Waals surface area contributed by atoms with E-state index in [2.05, 4.69) is 5.32 Å². The molecule has 7 nitrogen and oxygen atoms in total. The molecule has 0 saturated carbocycles. The molecule has 0 aliphatic rings. The summed E-state index contributed by atoms with van der Waals surface area (Å²) < 4.78 is 0.543. The van der Waals surface area contributed by atoms with Crippen molar-refractivity contribution in [3.63, 3.8) is 0 Å². The van der Waals surface area contributed by atoms with Crippen LogP contribution in [0.5, 0.6) is 0 Å². The summed E-state index contributed by atoms with van der Waals surface area (Å²) in [5, 5.41) is 13.1. The molecule has 19 heavy (non-hydrogen) atoms. The van der Waals surface area contributed by atoms with Crippen LogP contribution in [0.25, 0.3) is 0 Å². The monoisotopic (exact) mass is 377 g/mol. The molecular formula is C11H12IN3O4. The molecule has 3 N–H and O–H groups in total. The van der Waals surface area contributed by atoms with E-state index >= 15 is 0 Å². The minimum atomic E-state index is -1.23. The van der Waals surface area contributed by atoms with Gasteiger partial charge in [-0.3, -0.25) is 19.7 Å². The molecule has 0 aliphatic heterocycles. The van der Waals surface area contributed by atoms with Crippen LogP contribution >= 0.6 is 22.6 Å². The number of nitro benzene ring substituents is 1. The topological polar surface area (TPSA) is 115 Å². The largest absolute Gasteiger partial charge is 0.368 e. The third-order valence-electron chi connectivity index (χ3n) is 2.45. The van der Waals surface area contributed by atoms with Crippen LogP contribution < -0.4 is 11.1 Å². The highest BCUT2D eigenvalue weighted by Crippen LogP contribution is 2.20. The van der Waals surface area contributed by atoms with Gasteiger partial charge in [-0.25, -0.2) is 0 Å². The molecule has 1 aromatic carbocycles. The van der Waals surface area contributed by atoms with E-state index in [1.807, 2.05) is 22.6 Å². The number of nitrogens with one attached hydrogen (secondary N) is 1. The summed E-state index contributed by atoms with van der Waals surface area (Å²) in [6.07, 6.45) is 0. The molecule has 0 bridgehead atoms. The maximum absolute atomic E-state index is 12.0. The number of nitro groups is 1. The Morgan fingerprint density at radius 1 is 1.42 bits per heavy atom. The van der Waals surface area contributed by atoms with E-state index in [-0.39, 0.29) is 11.3 Å². The van der Waals surface area contributed by atoms with Gasteiger partial charge in [0.05, 0.1) is 10.5 Å². The summed E-state index contributed by atoms with van der Waals surface area (Å²) in [4.78, 5) is 33.2. The van der Waals surface area contributed by atoms with Crippen LogP contribution in [0, 0.1) is 13.7 Å². The van der Waals surface area contributed by atoms with Crippen molar-refractivity contribution in [1.82, 2.24) is 5.32 Å². The Hall–Kier alpha value is -1.71. The normalized spacial score (nSPS) is 10.9. The highest BCUT2D eigenvalue weighted by molar-refractivity contribution is 14.1. The summed E-state index contributed by atoms with van der Waals surface area (Å²) in [6.45, 7) is 2.91. The lowest BCUT2D eigenvalue weighted by Crippen LogP contribution is -2.53. The molecule has 1 rings (SSSR count). The van der Waals surface area contributed by atoms with Crippen molar-refractivity contribution in [2.45, 2.75) is 19.4 Å². The Morgan fingerprint density at radius 3 is 2.47 bits per heavy atom. The number of non-ortho nitro benzene ring substituents is 1. The number of rotatable bonds is 4. The van der Waals surface area contributed by atoms with Crippen LogP contribution in [0.2, 0.25) is 0 Å². The molecule has 2 amide bonds. The van der Waals surface area contributed by atoms with Gasteiger partial charge in [-0.15, -0.1) is 0 Å². The van der Waals surface area contributed by atoms with Crippen molar-refractivity contribution in [3.8, 4) is 0 Å². The zero-order valence-electron chi connectivity index (χ0n) is 10.3. The van der Waals surface area contributed by atoms with Crippen LogP contribution in [0.3, 0.4) is 0 Å². The quantitative estimate of drug-likeness (QED) is 0.466. The number of amides is 2. The number of hydrogen-bond donors (Lipinski definition) is 2. The van der Waals surface area contributed by atoms with E-state index in [0.717, 1.165) is 6.07 Å². The molecule has 0 aliphatic carbocycles. The Balaban J connectivity index is 3.09. The predicted octanol–water partition coefficient (Wildman–Crippen LogP) is 1.19. The first-order valence-electron chi connectivity index (χ1n) is 5.21. The Bertz CT molecular complexity index is 557. The maximum atomic E-state index is 12.0. The van der Waals surface area contributed by atoms with E-state index in [1.54, 1.807) is 0 Å². The van der Waals surface area contributed by atoms with Crippen LogP contribution in [0.1, 0.15) is 24.2 Å². The average Bonchev–Trinajstić information content (AvgIpc) is 2.28. The zero-order chi connectivity index (χ0) is 14.8. The van der Waals surface area contributed by atoms with E-state index < -0.39 is 22.3 Å². The lowest BCUT2D eigenvalue weighted by molar-refractivity contribution is -0.384. The van der Waals surface area contributed by atoms with Gasteiger partial charge in [0.15, 0.2) is 0 Å². The average molecular weight is 377 g/mol. The number of hydrogen-bond acceptors (Lipinski definition) is 4. The first kappa shape index (κ1) is 15.3. The summed E-state index contributed by atoms with van der Waals surface area (Å²) in [7, 11) is 0. The summed E-state index contributed by atoms with van der Waals surface area (Å²) in [5.74, 6) is -1.28. The van der Waals surface area contributed by atoms with Gasteiger partial charge in [-0.1, -0.05) is 0 Å². The minimum Gasteiger partial charge on any atom is -0.368 e. The molecule has 0 spiro atoms. The molecule has 0 atom stereocenters. The van der Waals surface area contributed by atoms with E-state index in [4.69, 9.17) is 5.73 Å². The van der Waals surface area contributed by atoms with Crippen LogP contribution in [0.15, 0.2) is 18.2 Å². The molecule has 1 aromatic rings. The molecular weight excluding hydrogens is 365 g/mol. The number of nitrogens with two attached hydrogens (primary N) is 1.